The number of esters is 1. The highest BCUT2D eigenvalue weighted by Crippen LogP contribution is 2.37. The second kappa shape index (κ2) is 10.4. The van der Waals surface area contributed by atoms with Crippen molar-refractivity contribution in [1.82, 2.24) is 4.90 Å². The lowest BCUT2D eigenvalue weighted by Crippen LogP contribution is -2.45. The first kappa shape index (κ1) is 22.7. The van der Waals surface area contributed by atoms with Gasteiger partial charge in [-0.1, -0.05) is 29.3 Å². The molecule has 30 heavy (non-hydrogen) atoms. The van der Waals surface area contributed by atoms with E-state index in [0.717, 1.165) is 30.9 Å². The molecular weight excluding hydrogens is 425 g/mol. The van der Waals surface area contributed by atoms with Crippen molar-refractivity contribution in [2.24, 2.45) is 5.41 Å². The fourth-order valence-corrected chi connectivity index (χ4v) is 4.11. The zero-order valence-corrected chi connectivity index (χ0v) is 18.6. The van der Waals surface area contributed by atoms with Crippen LogP contribution in [0.25, 0.3) is 0 Å². The van der Waals surface area contributed by atoms with Gasteiger partial charge in [0.25, 0.3) is 0 Å². The minimum Gasteiger partial charge on any atom is -0.506 e. The lowest BCUT2D eigenvalue weighted by atomic mass is 9.75. The third kappa shape index (κ3) is 5.81. The Hall–Kier alpha value is -1.95. The number of phenolic OH excluding ortho intramolecular Hbond substituents is 1. The van der Waals surface area contributed by atoms with E-state index in [1.54, 1.807) is 24.3 Å². The van der Waals surface area contributed by atoms with Crippen LogP contribution in [0.1, 0.15) is 31.7 Å². The van der Waals surface area contributed by atoms with Crippen molar-refractivity contribution in [2.75, 3.05) is 26.3 Å². The van der Waals surface area contributed by atoms with Gasteiger partial charge in [0.2, 0.25) is 0 Å². The van der Waals surface area contributed by atoms with Gasteiger partial charge >= 0.3 is 5.97 Å². The van der Waals surface area contributed by atoms with Gasteiger partial charge in [-0.05, 0) is 81.2 Å². The highest BCUT2D eigenvalue weighted by molar-refractivity contribution is 6.32. The fraction of sp³-hybridized carbons (Fsp3) is 0.435. The third-order valence-electron chi connectivity index (χ3n) is 5.60. The number of hydrogen-bond donors (Lipinski definition) is 1. The second-order valence-corrected chi connectivity index (χ2v) is 8.46. The van der Waals surface area contributed by atoms with E-state index in [0.29, 0.717) is 42.5 Å². The standard InChI is InChI=1S/C23H27Cl2NO4/c1-2-29-22(28)23(11-14-30-19-6-4-18(24)5-7-19)9-12-26(13-10-23)16-17-3-8-21(27)20(25)15-17/h3-8,15,27H,2,9-14,16H2,1H3. The zero-order valence-electron chi connectivity index (χ0n) is 17.1. The molecular formula is C23H27Cl2NO4. The minimum absolute atomic E-state index is 0.0843. The van der Waals surface area contributed by atoms with Crippen LogP contribution in [0.5, 0.6) is 11.5 Å². The molecule has 1 heterocycles. The van der Waals surface area contributed by atoms with Gasteiger partial charge in [-0.2, -0.15) is 0 Å². The lowest BCUT2D eigenvalue weighted by molar-refractivity contribution is -0.159. The molecule has 0 saturated carbocycles. The average molecular weight is 452 g/mol. The molecule has 1 saturated heterocycles. The van der Waals surface area contributed by atoms with E-state index in [1.807, 2.05) is 25.1 Å². The largest absolute Gasteiger partial charge is 0.506 e. The molecule has 0 aromatic heterocycles. The normalized spacial score (nSPS) is 16.2. The number of hydrogen-bond acceptors (Lipinski definition) is 5. The van der Waals surface area contributed by atoms with Crippen molar-refractivity contribution >= 4 is 29.2 Å². The van der Waals surface area contributed by atoms with Crippen molar-refractivity contribution in [3.05, 3.63) is 58.1 Å². The van der Waals surface area contributed by atoms with Gasteiger partial charge in [0.15, 0.2) is 0 Å². The molecule has 1 aliphatic heterocycles. The summed E-state index contributed by atoms with van der Waals surface area (Å²) < 4.78 is 11.3. The molecule has 1 N–H and O–H groups in total. The van der Waals surface area contributed by atoms with Crippen LogP contribution in [-0.4, -0.2) is 42.3 Å². The van der Waals surface area contributed by atoms with Crippen molar-refractivity contribution in [3.63, 3.8) is 0 Å². The van der Waals surface area contributed by atoms with Gasteiger partial charge in [0.05, 0.1) is 23.7 Å². The van der Waals surface area contributed by atoms with E-state index in [4.69, 9.17) is 32.7 Å². The Morgan fingerprint density at radius 3 is 2.47 bits per heavy atom. The van der Waals surface area contributed by atoms with Gasteiger partial charge < -0.3 is 14.6 Å². The molecule has 0 bridgehead atoms. The summed E-state index contributed by atoms with van der Waals surface area (Å²) in [6.45, 7) is 4.92. The summed E-state index contributed by atoms with van der Waals surface area (Å²) in [5.74, 6) is 0.679. The molecule has 1 fully saturated rings. The number of nitrogens with zero attached hydrogens (tertiary/aromatic N) is 1. The minimum atomic E-state index is -0.536. The smallest absolute Gasteiger partial charge is 0.312 e. The Balaban J connectivity index is 1.59. The van der Waals surface area contributed by atoms with Crippen LogP contribution in [0.3, 0.4) is 0 Å². The van der Waals surface area contributed by atoms with Crippen molar-refractivity contribution < 1.29 is 19.4 Å². The first-order valence-corrected chi connectivity index (χ1v) is 10.9. The van der Waals surface area contributed by atoms with Gasteiger partial charge in [0, 0.05) is 11.6 Å². The summed E-state index contributed by atoms with van der Waals surface area (Å²) in [7, 11) is 0. The number of likely N-dealkylation sites (tertiary alicyclic amines) is 1. The van der Waals surface area contributed by atoms with E-state index in [-0.39, 0.29) is 11.7 Å². The van der Waals surface area contributed by atoms with Crippen LogP contribution in [0.15, 0.2) is 42.5 Å². The number of halogens is 2. The topological polar surface area (TPSA) is 59.0 Å². The third-order valence-corrected chi connectivity index (χ3v) is 6.16. The van der Waals surface area contributed by atoms with Gasteiger partial charge in [-0.3, -0.25) is 9.69 Å². The number of piperidine rings is 1. The number of benzene rings is 2. The predicted octanol–water partition coefficient (Wildman–Crippen LogP) is 5.31. The van der Waals surface area contributed by atoms with Crippen molar-refractivity contribution in [2.45, 2.75) is 32.7 Å². The molecule has 5 nitrogen and oxygen atoms in total. The number of ether oxygens (including phenoxy) is 2. The second-order valence-electron chi connectivity index (χ2n) is 7.62. The molecule has 162 valence electrons. The van der Waals surface area contributed by atoms with E-state index in [9.17, 15) is 9.90 Å². The summed E-state index contributed by atoms with van der Waals surface area (Å²) in [6.07, 6.45) is 2.02. The van der Waals surface area contributed by atoms with Gasteiger partial charge in [-0.15, -0.1) is 0 Å². The molecule has 0 aliphatic carbocycles. The van der Waals surface area contributed by atoms with Gasteiger partial charge in [-0.25, -0.2) is 0 Å². The van der Waals surface area contributed by atoms with Gasteiger partial charge in [0.1, 0.15) is 11.5 Å². The number of rotatable bonds is 8. The molecule has 1 aliphatic rings. The maximum absolute atomic E-state index is 12.8. The number of carbonyl (C=O) groups is 1. The SMILES string of the molecule is CCOC(=O)C1(CCOc2ccc(Cl)cc2)CCN(Cc2ccc(O)c(Cl)c2)CC1. The summed E-state index contributed by atoms with van der Waals surface area (Å²) in [5, 5.41) is 10.6. The first-order valence-electron chi connectivity index (χ1n) is 10.2. The van der Waals surface area contributed by atoms with Crippen LogP contribution in [-0.2, 0) is 16.1 Å². The number of carbonyl (C=O) groups excluding carboxylic acids is 1. The van der Waals surface area contributed by atoms with E-state index in [1.165, 1.54) is 0 Å². The average Bonchev–Trinajstić information content (AvgIpc) is 2.74. The molecule has 0 radical (unpaired) electrons. The Bertz CT molecular complexity index is 849. The molecule has 2 aromatic carbocycles. The Morgan fingerprint density at radius 2 is 1.83 bits per heavy atom. The fourth-order valence-electron chi connectivity index (χ4n) is 3.78. The first-order chi connectivity index (χ1) is 14.4. The van der Waals surface area contributed by atoms with Crippen LogP contribution >= 0.6 is 23.2 Å². The number of phenols is 1. The molecule has 0 spiro atoms. The molecule has 0 atom stereocenters. The molecule has 3 rings (SSSR count). The zero-order chi connectivity index (χ0) is 21.6. The van der Waals surface area contributed by atoms with E-state index in [2.05, 4.69) is 4.90 Å². The molecule has 7 heteroatoms. The quantitative estimate of drug-likeness (QED) is 0.550. The van der Waals surface area contributed by atoms with Crippen LogP contribution < -0.4 is 4.74 Å². The summed E-state index contributed by atoms with van der Waals surface area (Å²) in [5.41, 5.74) is 0.499. The highest BCUT2D eigenvalue weighted by Gasteiger charge is 2.42. The Morgan fingerprint density at radius 1 is 1.13 bits per heavy atom. The molecule has 0 amide bonds. The monoisotopic (exact) mass is 451 g/mol. The number of aromatic hydroxyl groups is 1. The molecule has 0 unspecified atom stereocenters. The van der Waals surface area contributed by atoms with Crippen LogP contribution in [0.2, 0.25) is 10.0 Å². The predicted molar refractivity (Wildman–Crippen MR) is 118 cm³/mol. The van der Waals surface area contributed by atoms with Crippen molar-refractivity contribution in [1.29, 1.82) is 0 Å². The lowest BCUT2D eigenvalue weighted by Gasteiger charge is -2.40. The highest BCUT2D eigenvalue weighted by atomic mass is 35.5. The maximum Gasteiger partial charge on any atom is 0.312 e. The van der Waals surface area contributed by atoms with E-state index < -0.39 is 5.41 Å². The summed E-state index contributed by atoms with van der Waals surface area (Å²) >= 11 is 11.9. The van der Waals surface area contributed by atoms with Crippen LogP contribution in [0, 0.1) is 5.41 Å². The maximum atomic E-state index is 12.8. The van der Waals surface area contributed by atoms with Crippen LogP contribution in [0.4, 0.5) is 0 Å². The summed E-state index contributed by atoms with van der Waals surface area (Å²) in [4.78, 5) is 15.1. The van der Waals surface area contributed by atoms with Crippen molar-refractivity contribution in [3.8, 4) is 11.5 Å². The molecule has 2 aromatic rings. The summed E-state index contributed by atoms with van der Waals surface area (Å²) in [6, 6.07) is 12.5. The Kier molecular flexibility index (Phi) is 7.87. The Labute approximate surface area is 187 Å². The van der Waals surface area contributed by atoms with E-state index >= 15 is 0 Å².